The minimum Gasteiger partial charge on any atom is -0.325 e. The standard InChI is InChI=1S/C19H23NO2S/c1-14-15(13-23(4)22)9-8-12-17(14)20-18(21)19(2,3)16-10-6-5-7-11-16/h5-12H,13H2,1-4H3,(H,20,21)/t23-/m0/s1. The average Bonchev–Trinajstić information content (AvgIpc) is 2.51. The number of nitrogens with one attached hydrogen (secondary N) is 1. The van der Waals surface area contributed by atoms with Crippen LogP contribution in [-0.4, -0.2) is 16.4 Å². The van der Waals surface area contributed by atoms with E-state index in [1.165, 1.54) is 0 Å². The van der Waals surface area contributed by atoms with E-state index < -0.39 is 16.2 Å². The molecule has 2 aromatic carbocycles. The minimum absolute atomic E-state index is 0.0541. The molecule has 4 heteroatoms. The van der Waals surface area contributed by atoms with Crippen LogP contribution < -0.4 is 5.32 Å². The van der Waals surface area contributed by atoms with E-state index in [0.29, 0.717) is 5.75 Å². The molecule has 0 aliphatic heterocycles. The molecule has 1 N–H and O–H groups in total. The molecule has 2 aromatic rings. The zero-order valence-corrected chi connectivity index (χ0v) is 14.9. The summed E-state index contributed by atoms with van der Waals surface area (Å²) in [5, 5.41) is 3.02. The molecule has 23 heavy (non-hydrogen) atoms. The van der Waals surface area contributed by atoms with Crippen LogP contribution in [-0.2, 0) is 26.8 Å². The van der Waals surface area contributed by atoms with Crippen LogP contribution in [0, 0.1) is 6.92 Å². The highest BCUT2D eigenvalue weighted by atomic mass is 32.2. The zero-order valence-electron chi connectivity index (χ0n) is 14.1. The van der Waals surface area contributed by atoms with E-state index in [0.717, 1.165) is 22.4 Å². The molecule has 0 fully saturated rings. The summed E-state index contributed by atoms with van der Waals surface area (Å²) in [6.45, 7) is 5.78. The molecule has 0 aliphatic carbocycles. The molecule has 0 spiro atoms. The molecule has 1 atom stereocenters. The van der Waals surface area contributed by atoms with Crippen molar-refractivity contribution in [3.63, 3.8) is 0 Å². The van der Waals surface area contributed by atoms with Gasteiger partial charge in [0.05, 0.1) is 5.41 Å². The lowest BCUT2D eigenvalue weighted by Crippen LogP contribution is -2.34. The van der Waals surface area contributed by atoms with Gasteiger partial charge in [-0.05, 0) is 43.5 Å². The smallest absolute Gasteiger partial charge is 0.234 e. The third-order valence-corrected chi connectivity index (χ3v) is 4.83. The van der Waals surface area contributed by atoms with Gasteiger partial charge in [-0.15, -0.1) is 0 Å². The largest absolute Gasteiger partial charge is 0.325 e. The molecule has 0 unspecified atom stereocenters. The fraction of sp³-hybridized carbons (Fsp3) is 0.316. The van der Waals surface area contributed by atoms with Gasteiger partial charge in [-0.1, -0.05) is 42.5 Å². The number of hydrogen-bond donors (Lipinski definition) is 1. The monoisotopic (exact) mass is 329 g/mol. The first-order valence-corrected chi connectivity index (χ1v) is 9.30. The van der Waals surface area contributed by atoms with Gasteiger partial charge in [0.15, 0.2) is 0 Å². The summed E-state index contributed by atoms with van der Waals surface area (Å²) in [7, 11) is -0.907. The van der Waals surface area contributed by atoms with Crippen LogP contribution in [0.3, 0.4) is 0 Å². The summed E-state index contributed by atoms with van der Waals surface area (Å²) in [5.74, 6) is 0.444. The first-order valence-electron chi connectivity index (χ1n) is 7.58. The summed E-state index contributed by atoms with van der Waals surface area (Å²) in [5.41, 5.74) is 3.10. The van der Waals surface area contributed by atoms with Crippen molar-refractivity contribution in [2.45, 2.75) is 31.9 Å². The fourth-order valence-electron chi connectivity index (χ4n) is 2.46. The van der Waals surface area contributed by atoms with E-state index in [2.05, 4.69) is 5.32 Å². The van der Waals surface area contributed by atoms with Gasteiger partial charge in [-0.3, -0.25) is 9.00 Å². The number of benzene rings is 2. The normalized spacial score (nSPS) is 12.7. The maximum Gasteiger partial charge on any atom is 0.234 e. The Morgan fingerprint density at radius 1 is 1.09 bits per heavy atom. The number of amides is 1. The quantitative estimate of drug-likeness (QED) is 0.907. The molecule has 0 heterocycles. The van der Waals surface area contributed by atoms with Gasteiger partial charge in [0.2, 0.25) is 5.91 Å². The number of carbonyl (C=O) groups excluding carboxylic acids is 1. The Kier molecular flexibility index (Phi) is 5.37. The first-order chi connectivity index (χ1) is 10.8. The zero-order chi connectivity index (χ0) is 17.0. The van der Waals surface area contributed by atoms with Crippen molar-refractivity contribution in [2.75, 3.05) is 11.6 Å². The molecule has 0 saturated carbocycles. The van der Waals surface area contributed by atoms with E-state index in [1.807, 2.05) is 69.3 Å². The molecular weight excluding hydrogens is 306 g/mol. The first kappa shape index (κ1) is 17.4. The van der Waals surface area contributed by atoms with Gasteiger partial charge in [0.25, 0.3) is 0 Å². The van der Waals surface area contributed by atoms with Gasteiger partial charge >= 0.3 is 0 Å². The molecule has 122 valence electrons. The van der Waals surface area contributed by atoms with Crippen LogP contribution in [0.15, 0.2) is 48.5 Å². The summed E-state index contributed by atoms with van der Waals surface area (Å²) in [4.78, 5) is 12.7. The van der Waals surface area contributed by atoms with Crippen LogP contribution in [0.25, 0.3) is 0 Å². The lowest BCUT2D eigenvalue weighted by molar-refractivity contribution is -0.120. The molecule has 0 radical (unpaired) electrons. The van der Waals surface area contributed by atoms with Gasteiger partial charge in [0.1, 0.15) is 0 Å². The molecular formula is C19H23NO2S. The summed E-state index contributed by atoms with van der Waals surface area (Å²) in [6.07, 6.45) is 1.68. The Balaban J connectivity index is 2.25. The number of rotatable bonds is 5. The highest BCUT2D eigenvalue weighted by Gasteiger charge is 2.29. The Hall–Kier alpha value is -1.94. The second-order valence-electron chi connectivity index (χ2n) is 6.25. The fourth-order valence-corrected chi connectivity index (χ4v) is 3.21. The van der Waals surface area contributed by atoms with Crippen molar-refractivity contribution in [3.05, 3.63) is 65.2 Å². The van der Waals surface area contributed by atoms with Crippen LogP contribution in [0.2, 0.25) is 0 Å². The minimum atomic E-state index is -0.907. The van der Waals surface area contributed by atoms with Crippen LogP contribution in [0.1, 0.15) is 30.5 Å². The molecule has 0 aromatic heterocycles. The summed E-state index contributed by atoms with van der Waals surface area (Å²) >= 11 is 0. The van der Waals surface area contributed by atoms with E-state index in [1.54, 1.807) is 6.26 Å². The van der Waals surface area contributed by atoms with E-state index in [4.69, 9.17) is 0 Å². The summed E-state index contributed by atoms with van der Waals surface area (Å²) < 4.78 is 11.5. The lowest BCUT2D eigenvalue weighted by atomic mass is 9.83. The third-order valence-electron chi connectivity index (χ3n) is 4.12. The molecule has 0 aliphatic rings. The highest BCUT2D eigenvalue weighted by Crippen LogP contribution is 2.27. The maximum absolute atomic E-state index is 12.7. The van der Waals surface area contributed by atoms with Crippen molar-refractivity contribution in [3.8, 4) is 0 Å². The molecule has 1 amide bonds. The summed E-state index contributed by atoms with van der Waals surface area (Å²) in [6, 6.07) is 15.5. The van der Waals surface area contributed by atoms with Gasteiger partial charge in [-0.25, -0.2) is 0 Å². The second-order valence-corrected chi connectivity index (χ2v) is 7.69. The Morgan fingerprint density at radius 2 is 1.74 bits per heavy atom. The molecule has 2 rings (SSSR count). The maximum atomic E-state index is 12.7. The topological polar surface area (TPSA) is 46.2 Å². The van der Waals surface area contributed by atoms with Gasteiger partial charge in [-0.2, -0.15) is 0 Å². The Labute approximate surface area is 140 Å². The van der Waals surface area contributed by atoms with Crippen molar-refractivity contribution in [2.24, 2.45) is 0 Å². The van der Waals surface area contributed by atoms with Crippen LogP contribution >= 0.6 is 0 Å². The highest BCUT2D eigenvalue weighted by molar-refractivity contribution is 7.83. The molecule has 0 saturated heterocycles. The number of anilines is 1. The van der Waals surface area contributed by atoms with Crippen LogP contribution in [0.4, 0.5) is 5.69 Å². The second kappa shape index (κ2) is 7.09. The predicted octanol–water partition coefficient (Wildman–Crippen LogP) is 3.79. The lowest BCUT2D eigenvalue weighted by Gasteiger charge is -2.25. The Bertz CT molecular complexity index is 723. The SMILES string of the molecule is Cc1c(C[S@](C)=O)cccc1NC(=O)C(C)(C)c1ccccc1. The van der Waals surface area contributed by atoms with Crippen molar-refractivity contribution in [1.29, 1.82) is 0 Å². The van der Waals surface area contributed by atoms with Crippen LogP contribution in [0.5, 0.6) is 0 Å². The third kappa shape index (κ3) is 4.08. The van der Waals surface area contributed by atoms with Crippen molar-refractivity contribution >= 4 is 22.4 Å². The van der Waals surface area contributed by atoms with Crippen molar-refractivity contribution < 1.29 is 9.00 Å². The van der Waals surface area contributed by atoms with Crippen molar-refractivity contribution in [1.82, 2.24) is 0 Å². The van der Waals surface area contributed by atoms with Gasteiger partial charge < -0.3 is 5.32 Å². The predicted molar refractivity (Wildman–Crippen MR) is 97.0 cm³/mol. The van der Waals surface area contributed by atoms with E-state index >= 15 is 0 Å². The number of carbonyl (C=O) groups is 1. The van der Waals surface area contributed by atoms with E-state index in [-0.39, 0.29) is 5.91 Å². The van der Waals surface area contributed by atoms with E-state index in [9.17, 15) is 9.00 Å². The molecule has 0 bridgehead atoms. The average molecular weight is 329 g/mol. The number of hydrogen-bond acceptors (Lipinski definition) is 2. The Morgan fingerprint density at radius 3 is 2.35 bits per heavy atom. The molecule has 3 nitrogen and oxygen atoms in total. The van der Waals surface area contributed by atoms with Gasteiger partial charge in [0, 0.05) is 28.5 Å².